The van der Waals surface area contributed by atoms with Crippen LogP contribution in [0.25, 0.3) is 0 Å². The van der Waals surface area contributed by atoms with Gasteiger partial charge in [0.1, 0.15) is 0 Å². The second-order valence-electron chi connectivity index (χ2n) is 8.40. The predicted octanol–water partition coefficient (Wildman–Crippen LogP) is 3.42. The van der Waals surface area contributed by atoms with Crippen molar-refractivity contribution in [3.8, 4) is 0 Å². The van der Waals surface area contributed by atoms with Crippen LogP contribution in [0.4, 0.5) is 17.1 Å². The number of nitrogens with two attached hydrogens (primary N) is 1. The molecule has 0 atom stereocenters. The van der Waals surface area contributed by atoms with E-state index in [0.717, 1.165) is 34.7 Å². The number of amides is 1. The summed E-state index contributed by atoms with van der Waals surface area (Å²) in [6.07, 6.45) is 6.43. The number of nitrogens with one attached hydrogen (secondary N) is 1. The first kappa shape index (κ1) is 21.6. The van der Waals surface area contributed by atoms with Crippen LogP contribution in [0.1, 0.15) is 54.4 Å². The number of nitrogen functional groups attached to an aromatic ring is 1. The van der Waals surface area contributed by atoms with E-state index in [1.807, 2.05) is 37.3 Å². The highest BCUT2D eigenvalue weighted by atomic mass is 16.5. The highest BCUT2D eigenvalue weighted by Crippen LogP contribution is 2.30. The minimum atomic E-state index is -0.404. The van der Waals surface area contributed by atoms with Gasteiger partial charge in [0, 0.05) is 61.4 Å². The summed E-state index contributed by atoms with van der Waals surface area (Å²) in [6, 6.07) is 9.04. The van der Waals surface area contributed by atoms with Crippen molar-refractivity contribution in [3.63, 3.8) is 0 Å². The number of carbonyl (C=O) groups excluding carboxylic acids is 1. The van der Waals surface area contributed by atoms with Gasteiger partial charge in [0.25, 0.3) is 0 Å². The maximum Gasteiger partial charge on any atom is 0.325 e. The molecule has 0 spiro atoms. The average molecular weight is 411 g/mol. The number of carbonyl (C=O) groups is 1. The Hall–Kier alpha value is -3.09. The molecule has 30 heavy (non-hydrogen) atoms. The maximum atomic E-state index is 12.8. The molecule has 1 heterocycles. The molecule has 0 saturated heterocycles. The van der Waals surface area contributed by atoms with Gasteiger partial charge < -0.3 is 16.0 Å². The van der Waals surface area contributed by atoms with Crippen molar-refractivity contribution in [1.82, 2.24) is 0 Å². The highest BCUT2D eigenvalue weighted by molar-refractivity contribution is 6.05. The quantitative estimate of drug-likeness (QED) is 0.305. The number of pyridine rings is 1. The molecule has 1 aromatic heterocycles. The van der Waals surface area contributed by atoms with Gasteiger partial charge in [-0.3, -0.25) is 15.0 Å². The van der Waals surface area contributed by atoms with Crippen LogP contribution in [0.2, 0.25) is 0 Å². The Kier molecular flexibility index (Phi) is 6.59. The van der Waals surface area contributed by atoms with Gasteiger partial charge in [-0.05, 0) is 49.8 Å². The van der Waals surface area contributed by atoms with E-state index in [9.17, 15) is 10.0 Å². The van der Waals surface area contributed by atoms with Crippen LogP contribution in [0.5, 0.6) is 0 Å². The molecule has 0 unspecified atom stereocenters. The normalized spacial score (nSPS) is 19.1. The zero-order valence-electron chi connectivity index (χ0n) is 18.2. The fraction of sp³-hybridized carbons (Fsp3) is 0.435. The minimum absolute atomic E-state index is 0.156. The zero-order chi connectivity index (χ0) is 21.8. The summed E-state index contributed by atoms with van der Waals surface area (Å²) in [7, 11) is 3.78. The summed E-state index contributed by atoms with van der Waals surface area (Å²) in [5.41, 5.74) is 9.78. The molecule has 1 saturated carbocycles. The Bertz CT molecular complexity index is 947. The van der Waals surface area contributed by atoms with Crippen molar-refractivity contribution in [2.45, 2.75) is 45.6 Å². The lowest BCUT2D eigenvalue weighted by Crippen LogP contribution is -2.42. The Balaban J connectivity index is 1.88. The van der Waals surface area contributed by atoms with Gasteiger partial charge in [0.05, 0.1) is 11.4 Å². The van der Waals surface area contributed by atoms with Crippen molar-refractivity contribution >= 4 is 29.2 Å². The van der Waals surface area contributed by atoms with Gasteiger partial charge in [0.15, 0.2) is 0 Å². The van der Waals surface area contributed by atoms with E-state index in [1.165, 1.54) is 12.8 Å². The van der Waals surface area contributed by atoms with E-state index in [0.29, 0.717) is 23.1 Å². The molecule has 160 valence electrons. The van der Waals surface area contributed by atoms with Crippen LogP contribution in [-0.4, -0.2) is 37.5 Å². The molecule has 4 N–H and O–H groups in total. The molecule has 2 aromatic rings. The maximum absolute atomic E-state index is 12.8. The summed E-state index contributed by atoms with van der Waals surface area (Å²) in [5.74, 6) is 0.372. The van der Waals surface area contributed by atoms with Crippen molar-refractivity contribution in [1.29, 1.82) is 0 Å². The van der Waals surface area contributed by atoms with Gasteiger partial charge in [-0.15, -0.1) is 0 Å². The highest BCUT2D eigenvalue weighted by Gasteiger charge is 2.23. The summed E-state index contributed by atoms with van der Waals surface area (Å²) in [6.45, 7) is 4.02. The smallest absolute Gasteiger partial charge is 0.325 e. The molecule has 7 nitrogen and oxygen atoms in total. The van der Waals surface area contributed by atoms with Crippen LogP contribution < -0.4 is 20.7 Å². The molecule has 1 aromatic carbocycles. The molecule has 3 rings (SSSR count). The second kappa shape index (κ2) is 9.15. The molecule has 1 aliphatic rings. The van der Waals surface area contributed by atoms with E-state index in [2.05, 4.69) is 12.2 Å². The first-order valence-corrected chi connectivity index (χ1v) is 10.4. The van der Waals surface area contributed by atoms with Crippen LogP contribution in [0.3, 0.4) is 0 Å². The molecule has 0 radical (unpaired) electrons. The second-order valence-corrected chi connectivity index (χ2v) is 8.40. The number of aromatic nitrogens is 1. The lowest BCUT2D eigenvalue weighted by molar-refractivity contribution is -0.909. The van der Waals surface area contributed by atoms with Crippen LogP contribution >= 0.6 is 0 Å². The summed E-state index contributed by atoms with van der Waals surface area (Å²) < 4.78 is 0.883. The lowest BCUT2D eigenvalue weighted by Gasteiger charge is -2.23. The van der Waals surface area contributed by atoms with E-state index >= 15 is 0 Å². The molecule has 7 heteroatoms. The van der Waals surface area contributed by atoms with Gasteiger partial charge in [-0.2, -0.15) is 0 Å². The molecule has 1 aliphatic carbocycles. The van der Waals surface area contributed by atoms with Crippen molar-refractivity contribution in [2.75, 3.05) is 30.0 Å². The van der Waals surface area contributed by atoms with E-state index in [4.69, 9.17) is 10.7 Å². The van der Waals surface area contributed by atoms with Gasteiger partial charge in [-0.1, -0.05) is 6.92 Å². The Morgan fingerprint density at radius 2 is 1.97 bits per heavy atom. The monoisotopic (exact) mass is 410 g/mol. The zero-order valence-corrected chi connectivity index (χ0v) is 18.2. The SMILES string of the molecule is Cc1cccc(C(=O)Nc2cc(C=NC3CCC(C)CC3)c(N)cc2N(C)C)[n+]1O. The number of benzene rings is 1. The fourth-order valence-corrected chi connectivity index (χ4v) is 3.75. The summed E-state index contributed by atoms with van der Waals surface area (Å²) in [4.78, 5) is 19.5. The Morgan fingerprint density at radius 3 is 2.63 bits per heavy atom. The molecule has 0 bridgehead atoms. The largest absolute Gasteiger partial charge is 0.398 e. The number of rotatable bonds is 5. The van der Waals surface area contributed by atoms with E-state index in [1.54, 1.807) is 25.1 Å². The first-order chi connectivity index (χ1) is 14.3. The van der Waals surface area contributed by atoms with Gasteiger partial charge in [0.2, 0.25) is 5.69 Å². The predicted molar refractivity (Wildman–Crippen MR) is 121 cm³/mol. The number of anilines is 3. The summed E-state index contributed by atoms with van der Waals surface area (Å²) in [5, 5.41) is 13.1. The Morgan fingerprint density at radius 1 is 1.27 bits per heavy atom. The molecule has 1 amide bonds. The number of hydrogen-bond donors (Lipinski definition) is 3. The Labute approximate surface area is 178 Å². The average Bonchev–Trinajstić information content (AvgIpc) is 2.71. The van der Waals surface area contributed by atoms with Crippen molar-refractivity contribution in [2.24, 2.45) is 10.9 Å². The fourth-order valence-electron chi connectivity index (χ4n) is 3.75. The third-order valence-corrected chi connectivity index (χ3v) is 5.73. The van der Waals surface area contributed by atoms with Crippen LogP contribution in [-0.2, 0) is 0 Å². The number of aliphatic imine (C=N–C) groups is 1. The third kappa shape index (κ3) is 4.90. The van der Waals surface area contributed by atoms with Crippen LogP contribution in [0, 0.1) is 12.8 Å². The van der Waals surface area contributed by atoms with E-state index in [-0.39, 0.29) is 5.69 Å². The van der Waals surface area contributed by atoms with Gasteiger partial charge >= 0.3 is 11.6 Å². The first-order valence-electron chi connectivity index (χ1n) is 10.4. The van der Waals surface area contributed by atoms with E-state index < -0.39 is 5.91 Å². The minimum Gasteiger partial charge on any atom is -0.398 e. The topological polar surface area (TPSA) is 94.8 Å². The van der Waals surface area contributed by atoms with Crippen LogP contribution in [0.15, 0.2) is 35.3 Å². The number of hydrogen-bond acceptors (Lipinski definition) is 5. The molecular formula is C23H32N5O2+. The summed E-state index contributed by atoms with van der Waals surface area (Å²) >= 11 is 0. The molecule has 1 fully saturated rings. The molecule has 0 aliphatic heterocycles. The lowest BCUT2D eigenvalue weighted by atomic mass is 9.88. The number of aryl methyl sites for hydroxylation is 1. The number of nitrogens with zero attached hydrogens (tertiary/aromatic N) is 3. The van der Waals surface area contributed by atoms with Crippen molar-refractivity contribution in [3.05, 3.63) is 47.3 Å². The standard InChI is InChI=1S/C23H31N5O2/c1-15-8-10-18(11-9-15)25-14-17-12-20(22(27(3)4)13-19(17)24)26-23(29)21-7-5-6-16(2)28(21)30/h5-7,12-15,18,24,29-30H,8-11H2,1-4H3/p+1. The molecular weight excluding hydrogens is 378 g/mol. The van der Waals surface area contributed by atoms with Gasteiger partial charge in [-0.25, -0.2) is 0 Å². The third-order valence-electron chi connectivity index (χ3n) is 5.73. The van der Waals surface area contributed by atoms with Crippen molar-refractivity contribution < 1.29 is 14.7 Å².